The highest BCUT2D eigenvalue weighted by atomic mass is 32.1. The van der Waals surface area contributed by atoms with Gasteiger partial charge in [0.15, 0.2) is 11.3 Å². The summed E-state index contributed by atoms with van der Waals surface area (Å²) < 4.78 is 9.41. The van der Waals surface area contributed by atoms with Crippen molar-refractivity contribution in [1.29, 1.82) is 0 Å². The highest BCUT2D eigenvalue weighted by Crippen LogP contribution is 2.23. The summed E-state index contributed by atoms with van der Waals surface area (Å²) in [5, 5.41) is 8.48. The van der Waals surface area contributed by atoms with Gasteiger partial charge in [-0.15, -0.1) is 5.10 Å². The van der Waals surface area contributed by atoms with Crippen molar-refractivity contribution < 1.29 is 14.3 Å². The van der Waals surface area contributed by atoms with Gasteiger partial charge in [-0.25, -0.2) is 0 Å². The number of carbonyl (C=O) groups is 2. The second kappa shape index (κ2) is 6.29. The van der Waals surface area contributed by atoms with Crippen LogP contribution < -0.4 is 5.32 Å². The predicted molar refractivity (Wildman–Crippen MR) is 80.6 cm³/mol. The van der Waals surface area contributed by atoms with E-state index in [9.17, 15) is 9.59 Å². The number of hydrogen-bond donors (Lipinski definition) is 1. The normalized spacial score (nSPS) is 26.1. The molecular formula is C14H20N4O3S. The van der Waals surface area contributed by atoms with Crippen molar-refractivity contribution in [2.45, 2.75) is 44.2 Å². The molecule has 0 spiro atoms. The van der Waals surface area contributed by atoms with Crippen molar-refractivity contribution in [1.82, 2.24) is 19.8 Å². The number of hydrogen-bond acceptors (Lipinski definition) is 6. The fourth-order valence-electron chi connectivity index (χ4n) is 3.01. The Bertz CT molecular complexity index is 544. The second-order valence-electron chi connectivity index (χ2n) is 6.05. The maximum Gasteiger partial charge on any atom is 0.275 e. The van der Waals surface area contributed by atoms with Gasteiger partial charge in [-0.05, 0) is 31.3 Å². The van der Waals surface area contributed by atoms with E-state index in [1.165, 1.54) is 0 Å². The molecule has 3 rings (SSSR count). The zero-order valence-electron chi connectivity index (χ0n) is 12.6. The summed E-state index contributed by atoms with van der Waals surface area (Å²) in [5.41, 5.74) is -0.676. The molecule has 1 aliphatic heterocycles. The summed E-state index contributed by atoms with van der Waals surface area (Å²) in [6.07, 6.45) is 4.36. The summed E-state index contributed by atoms with van der Waals surface area (Å²) in [4.78, 5) is 26.5. The third kappa shape index (κ3) is 3.12. The Morgan fingerprint density at radius 2 is 2.23 bits per heavy atom. The van der Waals surface area contributed by atoms with Crippen molar-refractivity contribution >= 4 is 23.3 Å². The average Bonchev–Trinajstić information content (AvgIpc) is 3.19. The monoisotopic (exact) mass is 324 g/mol. The molecule has 1 atom stereocenters. The molecule has 1 saturated carbocycles. The molecule has 0 aromatic carbocycles. The van der Waals surface area contributed by atoms with E-state index >= 15 is 0 Å². The van der Waals surface area contributed by atoms with Gasteiger partial charge in [-0.2, -0.15) is 0 Å². The van der Waals surface area contributed by atoms with Crippen LogP contribution in [-0.4, -0.2) is 57.6 Å². The SMILES string of the molecule is CC1(C(=O)NC2CCCC2)CN(C(=O)c2csnn2)CCO1. The first kappa shape index (κ1) is 15.4. The summed E-state index contributed by atoms with van der Waals surface area (Å²) in [6, 6.07) is 0.238. The van der Waals surface area contributed by atoms with Gasteiger partial charge in [-0.3, -0.25) is 9.59 Å². The van der Waals surface area contributed by atoms with Crippen molar-refractivity contribution in [2.75, 3.05) is 19.7 Å². The minimum absolute atomic E-state index is 0.131. The first-order chi connectivity index (χ1) is 10.6. The number of nitrogens with zero attached hydrogens (tertiary/aromatic N) is 3. The molecule has 22 heavy (non-hydrogen) atoms. The molecule has 0 bridgehead atoms. The quantitative estimate of drug-likeness (QED) is 0.890. The molecule has 8 heteroatoms. The molecule has 1 unspecified atom stereocenters. The first-order valence-corrected chi connectivity index (χ1v) is 8.43. The Labute approximate surface area is 133 Å². The summed E-state index contributed by atoms with van der Waals surface area (Å²) in [5.74, 6) is -0.328. The van der Waals surface area contributed by atoms with Crippen molar-refractivity contribution in [3.8, 4) is 0 Å². The number of carbonyl (C=O) groups excluding carboxylic acids is 2. The first-order valence-electron chi connectivity index (χ1n) is 7.60. The Kier molecular flexibility index (Phi) is 4.39. The Balaban J connectivity index is 1.65. The number of ether oxygens (including phenoxy) is 1. The minimum atomic E-state index is -1.00. The fourth-order valence-corrected chi connectivity index (χ4v) is 3.44. The molecule has 1 aromatic rings. The maximum absolute atomic E-state index is 12.5. The van der Waals surface area contributed by atoms with E-state index in [4.69, 9.17) is 4.74 Å². The lowest BCUT2D eigenvalue weighted by Gasteiger charge is -2.39. The Morgan fingerprint density at radius 3 is 2.91 bits per heavy atom. The van der Waals surface area contributed by atoms with Crippen molar-refractivity contribution in [2.24, 2.45) is 0 Å². The standard InChI is InChI=1S/C14H20N4O3S/c1-14(13(20)15-10-4-2-3-5-10)9-18(6-7-21-14)12(19)11-8-22-17-16-11/h8,10H,2-7,9H2,1H3,(H,15,20). The van der Waals surface area contributed by atoms with Crippen LogP contribution in [0, 0.1) is 0 Å². The third-order valence-electron chi connectivity index (χ3n) is 4.31. The molecule has 1 N–H and O–H groups in total. The maximum atomic E-state index is 12.5. The lowest BCUT2D eigenvalue weighted by Crippen LogP contribution is -2.60. The van der Waals surface area contributed by atoms with Crippen LogP contribution in [0.1, 0.15) is 43.1 Å². The zero-order valence-corrected chi connectivity index (χ0v) is 13.4. The van der Waals surface area contributed by atoms with Gasteiger partial charge in [0.05, 0.1) is 13.2 Å². The van der Waals surface area contributed by atoms with Gasteiger partial charge in [0.25, 0.3) is 11.8 Å². The molecule has 2 heterocycles. The molecule has 1 aromatic heterocycles. The minimum Gasteiger partial charge on any atom is -0.362 e. The number of amides is 2. The molecule has 2 fully saturated rings. The molecule has 7 nitrogen and oxygen atoms in total. The van der Waals surface area contributed by atoms with Gasteiger partial charge in [0, 0.05) is 18.0 Å². The molecular weight excluding hydrogens is 304 g/mol. The summed E-state index contributed by atoms with van der Waals surface area (Å²) in [7, 11) is 0. The largest absolute Gasteiger partial charge is 0.362 e. The van der Waals surface area contributed by atoms with Crippen LogP contribution in [0.4, 0.5) is 0 Å². The number of morpholine rings is 1. The second-order valence-corrected chi connectivity index (χ2v) is 6.66. The summed E-state index contributed by atoms with van der Waals surface area (Å²) in [6.45, 7) is 2.79. The fraction of sp³-hybridized carbons (Fsp3) is 0.714. The van der Waals surface area contributed by atoms with E-state index < -0.39 is 5.60 Å². The highest BCUT2D eigenvalue weighted by Gasteiger charge is 2.42. The molecule has 1 aliphatic carbocycles. The topological polar surface area (TPSA) is 84.4 Å². The van der Waals surface area contributed by atoms with Crippen LogP contribution in [0.15, 0.2) is 5.38 Å². The zero-order chi connectivity index (χ0) is 15.6. The van der Waals surface area contributed by atoms with Crippen LogP contribution >= 0.6 is 11.5 Å². The van der Waals surface area contributed by atoms with E-state index in [-0.39, 0.29) is 24.4 Å². The third-order valence-corrected chi connectivity index (χ3v) is 4.82. The van der Waals surface area contributed by atoms with Gasteiger partial charge in [0.1, 0.15) is 0 Å². The smallest absolute Gasteiger partial charge is 0.275 e. The Morgan fingerprint density at radius 1 is 1.45 bits per heavy atom. The molecule has 2 amide bonds. The van der Waals surface area contributed by atoms with E-state index in [0.717, 1.165) is 37.2 Å². The van der Waals surface area contributed by atoms with Crippen LogP contribution in [0.2, 0.25) is 0 Å². The van der Waals surface area contributed by atoms with Crippen LogP contribution in [-0.2, 0) is 9.53 Å². The van der Waals surface area contributed by atoms with E-state index in [1.807, 2.05) is 0 Å². The lowest BCUT2D eigenvalue weighted by atomic mass is 10.0. The number of aromatic nitrogens is 2. The van der Waals surface area contributed by atoms with Crippen LogP contribution in [0.5, 0.6) is 0 Å². The van der Waals surface area contributed by atoms with E-state index in [2.05, 4.69) is 14.9 Å². The van der Waals surface area contributed by atoms with Crippen molar-refractivity contribution in [3.05, 3.63) is 11.1 Å². The molecule has 1 saturated heterocycles. The molecule has 120 valence electrons. The predicted octanol–water partition coefficient (Wildman–Crippen LogP) is 0.828. The van der Waals surface area contributed by atoms with Gasteiger partial charge < -0.3 is 15.0 Å². The lowest BCUT2D eigenvalue weighted by molar-refractivity contribution is -0.154. The Hall–Kier alpha value is -1.54. The van der Waals surface area contributed by atoms with Gasteiger partial charge >= 0.3 is 0 Å². The van der Waals surface area contributed by atoms with Crippen LogP contribution in [0.3, 0.4) is 0 Å². The van der Waals surface area contributed by atoms with Gasteiger partial charge in [0.2, 0.25) is 0 Å². The average molecular weight is 324 g/mol. The van der Waals surface area contributed by atoms with E-state index in [1.54, 1.807) is 17.2 Å². The highest BCUT2D eigenvalue weighted by molar-refractivity contribution is 7.03. The molecule has 2 aliphatic rings. The summed E-state index contributed by atoms with van der Waals surface area (Å²) >= 11 is 1.14. The molecule has 0 radical (unpaired) electrons. The number of rotatable bonds is 3. The van der Waals surface area contributed by atoms with E-state index in [0.29, 0.717) is 18.8 Å². The van der Waals surface area contributed by atoms with Gasteiger partial charge in [-0.1, -0.05) is 17.3 Å². The van der Waals surface area contributed by atoms with Crippen molar-refractivity contribution in [3.63, 3.8) is 0 Å². The van der Waals surface area contributed by atoms with Crippen LogP contribution in [0.25, 0.3) is 0 Å². The number of nitrogens with one attached hydrogen (secondary N) is 1.